The standard InChI is InChI=1S/C24H25N3O5/c1-3-32-24(30)19-10-4-5-11-21(19)25-22(28)12-7-15-27-23(29)14-13-20(26-27)17-8-6-9-18(16-17)31-2/h4-6,8-11,13-14,16H,3,7,12,15H2,1-2H3,(H,25,28). The van der Waals surface area contributed by atoms with Crippen LogP contribution in [-0.2, 0) is 16.1 Å². The van der Waals surface area contributed by atoms with Gasteiger partial charge in [0.25, 0.3) is 5.56 Å². The number of aromatic nitrogens is 2. The van der Waals surface area contributed by atoms with Gasteiger partial charge in [-0.05, 0) is 43.7 Å². The Balaban J connectivity index is 1.63. The summed E-state index contributed by atoms with van der Waals surface area (Å²) in [6, 6.07) is 17.2. The second kappa shape index (κ2) is 10.9. The van der Waals surface area contributed by atoms with Crippen molar-refractivity contribution in [1.82, 2.24) is 9.78 Å². The first-order chi connectivity index (χ1) is 15.5. The minimum atomic E-state index is -0.492. The van der Waals surface area contributed by atoms with Gasteiger partial charge in [-0.3, -0.25) is 9.59 Å². The van der Waals surface area contributed by atoms with Crippen LogP contribution in [0.15, 0.2) is 65.5 Å². The molecule has 0 aliphatic heterocycles. The van der Waals surface area contributed by atoms with Crippen LogP contribution in [0.3, 0.4) is 0 Å². The molecule has 0 atom stereocenters. The number of para-hydroxylation sites is 1. The van der Waals surface area contributed by atoms with Crippen molar-refractivity contribution in [1.29, 1.82) is 0 Å². The molecule has 1 aromatic heterocycles. The molecule has 1 N–H and O–H groups in total. The van der Waals surface area contributed by atoms with E-state index in [-0.39, 0.29) is 31.0 Å². The van der Waals surface area contributed by atoms with Crippen LogP contribution in [0.25, 0.3) is 11.3 Å². The van der Waals surface area contributed by atoms with Crippen molar-refractivity contribution >= 4 is 17.6 Å². The summed E-state index contributed by atoms with van der Waals surface area (Å²) in [6.45, 7) is 2.25. The second-order valence-corrected chi connectivity index (χ2v) is 6.93. The third kappa shape index (κ3) is 5.81. The van der Waals surface area contributed by atoms with E-state index in [1.54, 1.807) is 44.4 Å². The SMILES string of the molecule is CCOC(=O)c1ccccc1NC(=O)CCCn1nc(-c2cccc(OC)c2)ccc1=O. The van der Waals surface area contributed by atoms with E-state index in [9.17, 15) is 14.4 Å². The molecule has 0 bridgehead atoms. The summed E-state index contributed by atoms with van der Waals surface area (Å²) in [5.74, 6) is -0.0610. The molecule has 0 saturated carbocycles. The number of esters is 1. The van der Waals surface area contributed by atoms with Gasteiger partial charge in [0.15, 0.2) is 0 Å². The first-order valence-electron chi connectivity index (χ1n) is 10.3. The Morgan fingerprint density at radius 1 is 1.06 bits per heavy atom. The van der Waals surface area contributed by atoms with E-state index in [4.69, 9.17) is 9.47 Å². The second-order valence-electron chi connectivity index (χ2n) is 6.93. The van der Waals surface area contributed by atoms with Gasteiger partial charge in [0.1, 0.15) is 5.75 Å². The number of hydrogen-bond acceptors (Lipinski definition) is 6. The van der Waals surface area contributed by atoms with Crippen molar-refractivity contribution in [3.63, 3.8) is 0 Å². The van der Waals surface area contributed by atoms with Crippen molar-refractivity contribution < 1.29 is 19.1 Å². The number of hydrogen-bond donors (Lipinski definition) is 1. The maximum Gasteiger partial charge on any atom is 0.340 e. The summed E-state index contributed by atoms with van der Waals surface area (Å²) in [7, 11) is 1.59. The summed E-state index contributed by atoms with van der Waals surface area (Å²) < 4.78 is 11.6. The summed E-state index contributed by atoms with van der Waals surface area (Å²) in [4.78, 5) is 36.6. The average molecular weight is 435 g/mol. The third-order valence-corrected chi connectivity index (χ3v) is 4.70. The zero-order valence-corrected chi connectivity index (χ0v) is 18.0. The van der Waals surface area contributed by atoms with E-state index in [0.29, 0.717) is 29.1 Å². The molecule has 1 amide bonds. The molecule has 0 spiro atoms. The molecule has 0 aliphatic rings. The summed E-state index contributed by atoms with van der Waals surface area (Å²) in [6.07, 6.45) is 0.566. The van der Waals surface area contributed by atoms with Gasteiger partial charge < -0.3 is 14.8 Å². The Hall–Kier alpha value is -3.94. The lowest BCUT2D eigenvalue weighted by molar-refractivity contribution is -0.116. The molecule has 3 rings (SSSR count). The fourth-order valence-electron chi connectivity index (χ4n) is 3.13. The first kappa shape index (κ1) is 22.7. The quantitative estimate of drug-likeness (QED) is 0.517. The molecule has 166 valence electrons. The van der Waals surface area contributed by atoms with Gasteiger partial charge in [-0.25, -0.2) is 9.48 Å². The van der Waals surface area contributed by atoms with E-state index < -0.39 is 5.97 Å². The number of ether oxygens (including phenoxy) is 2. The van der Waals surface area contributed by atoms with Gasteiger partial charge in [-0.2, -0.15) is 5.10 Å². The highest BCUT2D eigenvalue weighted by Gasteiger charge is 2.14. The van der Waals surface area contributed by atoms with Crippen LogP contribution in [0.4, 0.5) is 5.69 Å². The van der Waals surface area contributed by atoms with Crippen LogP contribution in [-0.4, -0.2) is 35.4 Å². The lowest BCUT2D eigenvalue weighted by atomic mass is 10.1. The van der Waals surface area contributed by atoms with Gasteiger partial charge >= 0.3 is 5.97 Å². The molecular weight excluding hydrogens is 410 g/mol. The van der Waals surface area contributed by atoms with Crippen molar-refractivity contribution in [2.24, 2.45) is 0 Å². The molecule has 3 aromatic rings. The Morgan fingerprint density at radius 3 is 2.66 bits per heavy atom. The van der Waals surface area contributed by atoms with E-state index in [2.05, 4.69) is 10.4 Å². The number of methoxy groups -OCH3 is 1. The van der Waals surface area contributed by atoms with Crippen LogP contribution in [0.5, 0.6) is 5.75 Å². The van der Waals surface area contributed by atoms with Gasteiger partial charge in [0.2, 0.25) is 5.91 Å². The topological polar surface area (TPSA) is 99.5 Å². The molecule has 0 radical (unpaired) electrons. The van der Waals surface area contributed by atoms with Gasteiger partial charge in [-0.1, -0.05) is 24.3 Å². The van der Waals surface area contributed by atoms with Crippen molar-refractivity contribution in [2.45, 2.75) is 26.3 Å². The predicted octanol–water partition coefficient (Wildman–Crippen LogP) is 3.51. The normalized spacial score (nSPS) is 10.4. The fourth-order valence-corrected chi connectivity index (χ4v) is 3.13. The van der Waals surface area contributed by atoms with E-state index in [1.165, 1.54) is 10.7 Å². The minimum absolute atomic E-state index is 0.161. The molecule has 1 heterocycles. The number of carbonyl (C=O) groups is 2. The van der Waals surface area contributed by atoms with Crippen molar-refractivity contribution in [3.05, 3.63) is 76.6 Å². The highest BCUT2D eigenvalue weighted by molar-refractivity contribution is 6.01. The molecule has 0 saturated heterocycles. The van der Waals surface area contributed by atoms with Crippen LogP contribution in [0.1, 0.15) is 30.1 Å². The Morgan fingerprint density at radius 2 is 1.88 bits per heavy atom. The minimum Gasteiger partial charge on any atom is -0.497 e. The lowest BCUT2D eigenvalue weighted by Crippen LogP contribution is -2.23. The largest absolute Gasteiger partial charge is 0.497 e. The zero-order chi connectivity index (χ0) is 22.9. The van der Waals surface area contributed by atoms with Crippen molar-refractivity contribution in [3.8, 4) is 17.0 Å². The van der Waals surface area contributed by atoms with Crippen LogP contribution in [0, 0.1) is 0 Å². The summed E-state index contributed by atoms with van der Waals surface area (Å²) in [5.41, 5.74) is 1.91. The average Bonchev–Trinajstić information content (AvgIpc) is 2.81. The third-order valence-electron chi connectivity index (χ3n) is 4.70. The molecule has 0 unspecified atom stereocenters. The van der Waals surface area contributed by atoms with E-state index in [1.807, 2.05) is 24.3 Å². The number of aryl methyl sites for hydroxylation is 1. The molecule has 0 aliphatic carbocycles. The number of carbonyl (C=O) groups excluding carboxylic acids is 2. The van der Waals surface area contributed by atoms with Gasteiger partial charge in [0, 0.05) is 24.6 Å². The number of nitrogens with zero attached hydrogens (tertiary/aromatic N) is 2. The van der Waals surface area contributed by atoms with E-state index >= 15 is 0 Å². The Bertz CT molecular complexity index is 1160. The maximum atomic E-state index is 12.4. The summed E-state index contributed by atoms with van der Waals surface area (Å²) in [5, 5.41) is 7.15. The smallest absolute Gasteiger partial charge is 0.340 e. The monoisotopic (exact) mass is 435 g/mol. The predicted molar refractivity (Wildman–Crippen MR) is 121 cm³/mol. The highest BCUT2D eigenvalue weighted by Crippen LogP contribution is 2.21. The van der Waals surface area contributed by atoms with Gasteiger partial charge in [0.05, 0.1) is 30.7 Å². The van der Waals surface area contributed by atoms with Gasteiger partial charge in [-0.15, -0.1) is 0 Å². The fraction of sp³-hybridized carbons (Fsp3) is 0.250. The molecule has 0 fully saturated rings. The van der Waals surface area contributed by atoms with Crippen LogP contribution in [0.2, 0.25) is 0 Å². The maximum absolute atomic E-state index is 12.4. The highest BCUT2D eigenvalue weighted by atomic mass is 16.5. The lowest BCUT2D eigenvalue weighted by Gasteiger charge is -2.11. The molecular formula is C24H25N3O5. The molecule has 8 heteroatoms. The van der Waals surface area contributed by atoms with E-state index in [0.717, 1.165) is 5.56 Å². The first-order valence-corrected chi connectivity index (χ1v) is 10.3. The number of amides is 1. The van der Waals surface area contributed by atoms with Crippen LogP contribution >= 0.6 is 0 Å². The molecule has 2 aromatic carbocycles. The summed E-state index contributed by atoms with van der Waals surface area (Å²) >= 11 is 0. The Kier molecular flexibility index (Phi) is 7.75. The van der Waals surface area contributed by atoms with Crippen LogP contribution < -0.4 is 15.6 Å². The number of benzene rings is 2. The zero-order valence-electron chi connectivity index (χ0n) is 18.0. The Labute approximate surface area is 185 Å². The van der Waals surface area contributed by atoms with Crippen molar-refractivity contribution in [2.75, 3.05) is 19.0 Å². The number of anilines is 1. The number of rotatable bonds is 9. The molecule has 8 nitrogen and oxygen atoms in total. The molecule has 32 heavy (non-hydrogen) atoms. The number of nitrogens with one attached hydrogen (secondary N) is 1.